The van der Waals surface area contributed by atoms with E-state index in [1.165, 1.54) is 0 Å². The van der Waals surface area contributed by atoms with Crippen LogP contribution in [0.5, 0.6) is 0 Å². The van der Waals surface area contributed by atoms with Gasteiger partial charge in [0.2, 0.25) is 5.91 Å². The monoisotopic (exact) mass is 377 g/mol. The molecule has 0 radical (unpaired) electrons. The average molecular weight is 377 g/mol. The highest BCUT2D eigenvalue weighted by Crippen LogP contribution is 2.30. The summed E-state index contributed by atoms with van der Waals surface area (Å²) in [4.78, 5) is 27.5. The van der Waals surface area contributed by atoms with E-state index < -0.39 is 0 Å². The lowest BCUT2D eigenvalue weighted by atomic mass is 9.85. The number of benzene rings is 2. The Kier molecular flexibility index (Phi) is 5.60. The Morgan fingerprint density at radius 1 is 0.964 bits per heavy atom. The van der Waals surface area contributed by atoms with E-state index in [0.29, 0.717) is 17.8 Å². The molecule has 0 unspecified atom stereocenters. The molecule has 1 aliphatic carbocycles. The Hall–Kier alpha value is -2.82. The molecule has 5 nitrogen and oxygen atoms in total. The number of nitrogens with zero attached hydrogens (tertiary/aromatic N) is 1. The number of rotatable bonds is 6. The van der Waals surface area contributed by atoms with E-state index in [1.54, 1.807) is 0 Å². The maximum absolute atomic E-state index is 13.0. The highest BCUT2D eigenvalue weighted by molar-refractivity contribution is 6.02. The molecule has 146 valence electrons. The molecule has 28 heavy (non-hydrogen) atoms. The van der Waals surface area contributed by atoms with Crippen molar-refractivity contribution in [3.05, 3.63) is 59.7 Å². The van der Waals surface area contributed by atoms with Gasteiger partial charge in [-0.3, -0.25) is 9.59 Å². The zero-order valence-corrected chi connectivity index (χ0v) is 16.1. The first kappa shape index (κ1) is 18.5. The zero-order valence-electron chi connectivity index (χ0n) is 16.1. The van der Waals surface area contributed by atoms with E-state index in [1.807, 2.05) is 48.5 Å². The smallest absolute Gasteiger partial charge is 0.253 e. The predicted octanol–water partition coefficient (Wildman–Crippen LogP) is 3.96. The first-order valence-corrected chi connectivity index (χ1v) is 10.2. The number of carbonyl (C=O) groups excluding carboxylic acids is 2. The summed E-state index contributed by atoms with van der Waals surface area (Å²) in [6.07, 6.45) is 5.33. The maximum atomic E-state index is 13.0. The number of amides is 2. The lowest BCUT2D eigenvalue weighted by molar-refractivity contribution is -0.122. The molecule has 5 heteroatoms. The van der Waals surface area contributed by atoms with Gasteiger partial charge >= 0.3 is 0 Å². The van der Waals surface area contributed by atoms with Gasteiger partial charge in [0.25, 0.3) is 5.91 Å². The largest absolute Gasteiger partial charge is 0.371 e. The molecule has 1 aliphatic heterocycles. The van der Waals surface area contributed by atoms with Gasteiger partial charge in [0.1, 0.15) is 0 Å². The Labute approximate surface area is 166 Å². The molecule has 2 fully saturated rings. The quantitative estimate of drug-likeness (QED) is 0.801. The van der Waals surface area contributed by atoms with Crippen LogP contribution in [0.4, 0.5) is 11.4 Å². The molecule has 1 saturated heterocycles. The van der Waals surface area contributed by atoms with Crippen molar-refractivity contribution in [2.45, 2.75) is 38.6 Å². The Bertz CT molecular complexity index is 840. The SMILES string of the molecule is O=C(NCc1ccccc1)c1cc(NC(=O)C2CCC2)ccc1N1CCCC1. The minimum Gasteiger partial charge on any atom is -0.371 e. The van der Waals surface area contributed by atoms with E-state index in [0.717, 1.165) is 56.4 Å². The zero-order chi connectivity index (χ0) is 19.3. The second-order valence-electron chi connectivity index (χ2n) is 7.71. The summed E-state index contributed by atoms with van der Waals surface area (Å²) >= 11 is 0. The highest BCUT2D eigenvalue weighted by Gasteiger charge is 2.26. The van der Waals surface area contributed by atoms with Crippen molar-refractivity contribution in [2.24, 2.45) is 5.92 Å². The van der Waals surface area contributed by atoms with Crippen LogP contribution in [-0.4, -0.2) is 24.9 Å². The van der Waals surface area contributed by atoms with Crippen LogP contribution in [-0.2, 0) is 11.3 Å². The molecule has 1 heterocycles. The van der Waals surface area contributed by atoms with E-state index in [4.69, 9.17) is 0 Å². The number of hydrogen-bond acceptors (Lipinski definition) is 3. The molecule has 0 aromatic heterocycles. The fraction of sp³-hybridized carbons (Fsp3) is 0.391. The van der Waals surface area contributed by atoms with Crippen LogP contribution in [0.15, 0.2) is 48.5 Å². The molecule has 2 aromatic rings. The van der Waals surface area contributed by atoms with Crippen molar-refractivity contribution in [1.29, 1.82) is 0 Å². The van der Waals surface area contributed by atoms with Gasteiger partial charge in [-0.15, -0.1) is 0 Å². The van der Waals surface area contributed by atoms with Gasteiger partial charge < -0.3 is 15.5 Å². The van der Waals surface area contributed by atoms with Gasteiger partial charge in [-0.25, -0.2) is 0 Å². The maximum Gasteiger partial charge on any atom is 0.253 e. The Morgan fingerprint density at radius 2 is 1.71 bits per heavy atom. The van der Waals surface area contributed by atoms with Crippen molar-refractivity contribution < 1.29 is 9.59 Å². The topological polar surface area (TPSA) is 61.4 Å². The van der Waals surface area contributed by atoms with Crippen molar-refractivity contribution in [3.63, 3.8) is 0 Å². The normalized spacial score (nSPS) is 16.5. The van der Waals surface area contributed by atoms with Gasteiger partial charge in [-0.05, 0) is 49.4 Å². The van der Waals surface area contributed by atoms with E-state index in [-0.39, 0.29) is 17.7 Å². The standard InChI is InChI=1S/C23H27N3O2/c27-22(18-9-6-10-18)25-19-11-12-21(26-13-4-5-14-26)20(15-19)23(28)24-16-17-7-2-1-3-8-17/h1-3,7-8,11-12,15,18H,4-6,9-10,13-14,16H2,(H,24,28)(H,25,27). The number of hydrogen-bond donors (Lipinski definition) is 2. The van der Waals surface area contributed by atoms with Crippen LogP contribution in [0.25, 0.3) is 0 Å². The third kappa shape index (κ3) is 4.19. The van der Waals surface area contributed by atoms with Crippen molar-refractivity contribution in [3.8, 4) is 0 Å². The van der Waals surface area contributed by atoms with Gasteiger partial charge in [0.05, 0.1) is 5.56 Å². The minimum atomic E-state index is -0.106. The number of anilines is 2. The van der Waals surface area contributed by atoms with E-state index in [9.17, 15) is 9.59 Å². The predicted molar refractivity (Wildman–Crippen MR) is 111 cm³/mol. The summed E-state index contributed by atoms with van der Waals surface area (Å²) < 4.78 is 0. The molecular formula is C23H27N3O2. The first-order valence-electron chi connectivity index (χ1n) is 10.2. The summed E-state index contributed by atoms with van der Waals surface area (Å²) in [6.45, 7) is 2.41. The molecule has 0 bridgehead atoms. The molecule has 0 spiro atoms. The van der Waals surface area contributed by atoms with Crippen LogP contribution < -0.4 is 15.5 Å². The summed E-state index contributed by atoms with van der Waals surface area (Å²) in [5.74, 6) is 0.0786. The van der Waals surface area contributed by atoms with E-state index in [2.05, 4.69) is 15.5 Å². The summed E-state index contributed by atoms with van der Waals surface area (Å²) in [7, 11) is 0. The van der Waals surface area contributed by atoms with Gasteiger partial charge in [-0.1, -0.05) is 36.8 Å². The van der Waals surface area contributed by atoms with Crippen LogP contribution in [0, 0.1) is 5.92 Å². The van der Waals surface area contributed by atoms with Crippen molar-refractivity contribution in [1.82, 2.24) is 5.32 Å². The minimum absolute atomic E-state index is 0.0656. The van der Waals surface area contributed by atoms with Crippen molar-refractivity contribution in [2.75, 3.05) is 23.3 Å². The summed E-state index contributed by atoms with van der Waals surface area (Å²) in [6, 6.07) is 15.6. The molecule has 4 rings (SSSR count). The molecule has 1 saturated carbocycles. The van der Waals surface area contributed by atoms with Crippen LogP contribution >= 0.6 is 0 Å². The first-order chi connectivity index (χ1) is 13.7. The third-order valence-corrected chi connectivity index (χ3v) is 5.73. The molecule has 2 N–H and O–H groups in total. The third-order valence-electron chi connectivity index (χ3n) is 5.73. The second-order valence-corrected chi connectivity index (χ2v) is 7.71. The average Bonchev–Trinajstić information content (AvgIpc) is 3.20. The molecule has 2 aliphatic rings. The van der Waals surface area contributed by atoms with Gasteiger partial charge in [0.15, 0.2) is 0 Å². The fourth-order valence-corrected chi connectivity index (χ4v) is 3.82. The molecule has 2 amide bonds. The van der Waals surface area contributed by atoms with Crippen LogP contribution in [0.2, 0.25) is 0 Å². The number of carbonyl (C=O) groups is 2. The number of nitrogens with one attached hydrogen (secondary N) is 2. The van der Waals surface area contributed by atoms with Crippen LogP contribution in [0.1, 0.15) is 48.0 Å². The molecular weight excluding hydrogens is 350 g/mol. The lowest BCUT2D eigenvalue weighted by Gasteiger charge is -2.25. The summed E-state index contributed by atoms with van der Waals surface area (Å²) in [5, 5.41) is 6.02. The highest BCUT2D eigenvalue weighted by atomic mass is 16.2. The van der Waals surface area contributed by atoms with Gasteiger partial charge in [0, 0.05) is 36.9 Å². The lowest BCUT2D eigenvalue weighted by Crippen LogP contribution is -2.29. The summed E-state index contributed by atoms with van der Waals surface area (Å²) in [5.41, 5.74) is 3.34. The van der Waals surface area contributed by atoms with Gasteiger partial charge in [-0.2, -0.15) is 0 Å². The van der Waals surface area contributed by atoms with Crippen molar-refractivity contribution >= 4 is 23.2 Å². The van der Waals surface area contributed by atoms with Crippen LogP contribution in [0.3, 0.4) is 0 Å². The Morgan fingerprint density at radius 3 is 2.39 bits per heavy atom. The second kappa shape index (κ2) is 8.46. The Balaban J connectivity index is 1.53. The fourth-order valence-electron chi connectivity index (χ4n) is 3.82. The molecule has 2 aromatic carbocycles. The van der Waals surface area contributed by atoms with E-state index >= 15 is 0 Å². The molecule has 0 atom stereocenters.